The fourth-order valence-corrected chi connectivity index (χ4v) is 10.2. The molecule has 2 aromatic heterocycles. The molecule has 3 heteroatoms. The number of fused-ring (bicyclic) bond motifs is 7. The normalized spacial score (nSPS) is 11.6. The number of hydrogen-bond donors (Lipinski definition) is 0. The van der Waals surface area contributed by atoms with Crippen LogP contribution in [-0.2, 0) is 0 Å². The smallest absolute Gasteiger partial charge is 0.143 e. The van der Waals surface area contributed by atoms with E-state index in [9.17, 15) is 0 Å². The van der Waals surface area contributed by atoms with Crippen molar-refractivity contribution >= 4 is 71.6 Å². The van der Waals surface area contributed by atoms with Gasteiger partial charge in [0.05, 0.1) is 11.0 Å². The fraction of sp³-hybridized carbons (Fsp3) is 0. The Balaban J connectivity index is 0.877. The van der Waals surface area contributed by atoms with Crippen LogP contribution in [0.15, 0.2) is 259 Å². The van der Waals surface area contributed by atoms with E-state index < -0.39 is 0 Å². The molecule has 0 N–H and O–H groups in total. The Morgan fingerprint density at radius 1 is 0.299 bits per heavy atom. The molecule has 0 saturated heterocycles. The number of anilines is 3. The lowest BCUT2D eigenvalue weighted by Crippen LogP contribution is -2.09. The summed E-state index contributed by atoms with van der Waals surface area (Å²) >= 11 is 0. The van der Waals surface area contributed by atoms with E-state index in [-0.39, 0.29) is 0 Å². The van der Waals surface area contributed by atoms with Crippen LogP contribution in [0.5, 0.6) is 0 Å². The molecule has 67 heavy (non-hydrogen) atoms. The number of benzene rings is 11. The topological polar surface area (TPSA) is 21.3 Å². The molecule has 0 spiro atoms. The minimum Gasteiger partial charge on any atom is -0.455 e. The molecule has 13 aromatic rings. The number of furan rings is 1. The Bertz CT molecular complexity index is 3940. The van der Waals surface area contributed by atoms with E-state index in [4.69, 9.17) is 4.42 Å². The van der Waals surface area contributed by atoms with Gasteiger partial charge in [0.25, 0.3) is 0 Å². The van der Waals surface area contributed by atoms with Crippen LogP contribution in [0.25, 0.3) is 105 Å². The maximum absolute atomic E-state index is 6.52. The van der Waals surface area contributed by atoms with E-state index in [2.05, 4.69) is 258 Å². The van der Waals surface area contributed by atoms with Gasteiger partial charge < -0.3 is 13.9 Å². The summed E-state index contributed by atoms with van der Waals surface area (Å²) in [5, 5.41) is 7.22. The van der Waals surface area contributed by atoms with Crippen LogP contribution in [0.3, 0.4) is 0 Å². The largest absolute Gasteiger partial charge is 0.455 e. The summed E-state index contributed by atoms with van der Waals surface area (Å²) in [6, 6.07) is 91.8. The lowest BCUT2D eigenvalue weighted by Gasteiger charge is -2.26. The molecule has 3 nitrogen and oxygen atoms in total. The second-order valence-corrected chi connectivity index (χ2v) is 17.3. The quantitative estimate of drug-likeness (QED) is 0.152. The molecule has 314 valence electrons. The molecular weight excluding hydrogens is 813 g/mol. The van der Waals surface area contributed by atoms with Gasteiger partial charge in [-0.2, -0.15) is 0 Å². The molecule has 2 heterocycles. The first kappa shape index (κ1) is 38.5. The first-order chi connectivity index (χ1) is 33.2. The number of nitrogens with zero attached hydrogens (tertiary/aromatic N) is 2. The van der Waals surface area contributed by atoms with Crippen molar-refractivity contribution < 1.29 is 4.42 Å². The van der Waals surface area contributed by atoms with Crippen molar-refractivity contribution in [3.05, 3.63) is 255 Å². The zero-order valence-electron chi connectivity index (χ0n) is 36.6. The number of rotatable bonds is 8. The summed E-state index contributed by atoms with van der Waals surface area (Å²) in [5.74, 6) is 0. The molecule has 0 saturated carbocycles. The highest BCUT2D eigenvalue weighted by molar-refractivity contribution is 6.12. The van der Waals surface area contributed by atoms with E-state index in [0.717, 1.165) is 66.9 Å². The molecule has 11 aromatic carbocycles. The monoisotopic (exact) mass is 854 g/mol. The van der Waals surface area contributed by atoms with Crippen LogP contribution in [0.4, 0.5) is 17.1 Å². The van der Waals surface area contributed by atoms with Crippen molar-refractivity contribution in [1.29, 1.82) is 0 Å². The Hall–Kier alpha value is -8.92. The summed E-state index contributed by atoms with van der Waals surface area (Å²) in [6.45, 7) is 0. The second kappa shape index (κ2) is 16.0. The van der Waals surface area contributed by atoms with Gasteiger partial charge >= 0.3 is 0 Å². The van der Waals surface area contributed by atoms with Crippen molar-refractivity contribution in [3.8, 4) is 50.2 Å². The molecule has 0 aliphatic carbocycles. The van der Waals surface area contributed by atoms with Crippen molar-refractivity contribution in [2.75, 3.05) is 4.90 Å². The molecular formula is C64H42N2O. The fourth-order valence-electron chi connectivity index (χ4n) is 10.2. The van der Waals surface area contributed by atoms with E-state index in [1.54, 1.807) is 0 Å². The van der Waals surface area contributed by atoms with Crippen LogP contribution in [0, 0.1) is 0 Å². The number of aromatic nitrogens is 1. The van der Waals surface area contributed by atoms with Gasteiger partial charge in [-0.15, -0.1) is 0 Å². The molecule has 0 bridgehead atoms. The summed E-state index contributed by atoms with van der Waals surface area (Å²) in [4.78, 5) is 2.36. The third-order valence-corrected chi connectivity index (χ3v) is 13.4. The summed E-state index contributed by atoms with van der Waals surface area (Å²) < 4.78 is 8.88. The third kappa shape index (κ3) is 6.67. The van der Waals surface area contributed by atoms with Gasteiger partial charge in [0.1, 0.15) is 11.2 Å². The van der Waals surface area contributed by atoms with Crippen molar-refractivity contribution in [2.24, 2.45) is 0 Å². The molecule has 0 fully saturated rings. The van der Waals surface area contributed by atoms with Crippen LogP contribution in [0.2, 0.25) is 0 Å². The predicted octanol–water partition coefficient (Wildman–Crippen LogP) is 18.0. The molecule has 13 rings (SSSR count). The first-order valence-electron chi connectivity index (χ1n) is 22.9. The van der Waals surface area contributed by atoms with Crippen LogP contribution in [-0.4, -0.2) is 4.57 Å². The minimum atomic E-state index is 0.888. The molecule has 0 atom stereocenters. The van der Waals surface area contributed by atoms with E-state index in [1.807, 2.05) is 6.07 Å². The highest BCUT2D eigenvalue weighted by Gasteiger charge is 2.18. The highest BCUT2D eigenvalue weighted by Crippen LogP contribution is 2.42. The van der Waals surface area contributed by atoms with Gasteiger partial charge in [-0.25, -0.2) is 0 Å². The average Bonchev–Trinajstić information content (AvgIpc) is 3.95. The van der Waals surface area contributed by atoms with Gasteiger partial charge in [0.2, 0.25) is 0 Å². The minimum absolute atomic E-state index is 0.888. The molecule has 0 radical (unpaired) electrons. The molecule has 0 aliphatic heterocycles. The van der Waals surface area contributed by atoms with Crippen LogP contribution in [0.1, 0.15) is 0 Å². The van der Waals surface area contributed by atoms with Crippen molar-refractivity contribution in [2.45, 2.75) is 0 Å². The summed E-state index contributed by atoms with van der Waals surface area (Å²) in [7, 11) is 0. The first-order valence-corrected chi connectivity index (χ1v) is 22.9. The molecule has 0 amide bonds. The zero-order chi connectivity index (χ0) is 44.3. The number of hydrogen-bond acceptors (Lipinski definition) is 2. The van der Waals surface area contributed by atoms with E-state index in [0.29, 0.717) is 0 Å². The van der Waals surface area contributed by atoms with Gasteiger partial charge in [0, 0.05) is 49.9 Å². The Labute approximate surface area is 388 Å². The predicted molar refractivity (Wildman–Crippen MR) is 282 cm³/mol. The average molecular weight is 855 g/mol. The van der Waals surface area contributed by atoms with Crippen LogP contribution >= 0.6 is 0 Å². The summed E-state index contributed by atoms with van der Waals surface area (Å²) in [6.07, 6.45) is 0. The lowest BCUT2D eigenvalue weighted by atomic mass is 9.98. The van der Waals surface area contributed by atoms with Gasteiger partial charge in [-0.1, -0.05) is 176 Å². The van der Waals surface area contributed by atoms with E-state index in [1.165, 1.54) is 54.8 Å². The highest BCUT2D eigenvalue weighted by atomic mass is 16.3. The zero-order valence-corrected chi connectivity index (χ0v) is 36.6. The van der Waals surface area contributed by atoms with Crippen LogP contribution < -0.4 is 4.90 Å². The summed E-state index contributed by atoms with van der Waals surface area (Å²) in [5.41, 5.74) is 17.9. The third-order valence-electron chi connectivity index (χ3n) is 13.4. The van der Waals surface area contributed by atoms with Gasteiger partial charge in [-0.3, -0.25) is 0 Å². The Kier molecular flexibility index (Phi) is 9.17. The Morgan fingerprint density at radius 3 is 1.51 bits per heavy atom. The number of para-hydroxylation sites is 3. The maximum atomic E-state index is 6.52. The van der Waals surface area contributed by atoms with E-state index >= 15 is 0 Å². The van der Waals surface area contributed by atoms with Gasteiger partial charge in [0.15, 0.2) is 0 Å². The van der Waals surface area contributed by atoms with Gasteiger partial charge in [-0.05, 0) is 129 Å². The second-order valence-electron chi connectivity index (χ2n) is 17.3. The van der Waals surface area contributed by atoms with Crippen molar-refractivity contribution in [3.63, 3.8) is 0 Å². The maximum Gasteiger partial charge on any atom is 0.143 e. The lowest BCUT2D eigenvalue weighted by molar-refractivity contribution is 0.670. The standard InChI is InChI=1S/C64H42N2O/c1-3-13-46(14-4-1)56-22-12-23-58-60-42-49(32-40-63(60)67-64(56)58)44-27-35-52(36-28-44)65(53-37-29-47(30-38-53)55-21-11-16-45-15-7-8-19-54(45)55)51-33-25-43(26-34-51)48-31-39-62-59(41-48)57-20-9-10-24-61(57)66(62)50-17-5-2-6-18-50/h1-42H. The SMILES string of the molecule is c1ccc(-c2cccc3c2oc2ccc(-c4ccc(N(c5ccc(-c6ccc7c(c6)c6ccccc6n7-c6ccccc6)cc5)c5ccc(-c6cccc7ccccc67)cc5)cc4)cc23)cc1. The molecule has 0 aliphatic rings. The Morgan fingerprint density at radius 2 is 0.791 bits per heavy atom. The van der Waals surface area contributed by atoms with Crippen molar-refractivity contribution in [1.82, 2.24) is 4.57 Å². The molecule has 0 unspecified atom stereocenters.